The number of halogens is 1. The molecule has 1 aromatic carbocycles. The maximum atomic E-state index is 11.7. The Bertz CT molecular complexity index is 670. The molecule has 0 bridgehead atoms. The van der Waals surface area contributed by atoms with Crippen LogP contribution in [0.1, 0.15) is 35.7 Å². The van der Waals surface area contributed by atoms with Crippen molar-refractivity contribution < 1.29 is 22.7 Å². The minimum absolute atomic E-state index is 0.0529. The summed E-state index contributed by atoms with van der Waals surface area (Å²) in [6, 6.07) is 3.49. The maximum absolute atomic E-state index is 11.7. The summed E-state index contributed by atoms with van der Waals surface area (Å²) in [5.41, 5.74) is 1.35. The van der Waals surface area contributed by atoms with E-state index in [2.05, 4.69) is 0 Å². The summed E-state index contributed by atoms with van der Waals surface area (Å²) in [6.07, 6.45) is 0.987. The van der Waals surface area contributed by atoms with Crippen molar-refractivity contribution in [1.29, 1.82) is 0 Å². The Morgan fingerprint density at radius 3 is 2.52 bits per heavy atom. The molecule has 2 rings (SSSR count). The largest absolute Gasteiger partial charge is 0.489 e. The molecule has 0 spiro atoms. The summed E-state index contributed by atoms with van der Waals surface area (Å²) in [5.74, 6) is 0.622. The molecule has 0 radical (unpaired) electrons. The first-order chi connectivity index (χ1) is 10.8. The van der Waals surface area contributed by atoms with E-state index in [-0.39, 0.29) is 30.0 Å². The third-order valence-corrected chi connectivity index (χ3v) is 5.75. The molecule has 0 amide bonds. The average Bonchev–Trinajstić information content (AvgIpc) is 2.46. The van der Waals surface area contributed by atoms with Gasteiger partial charge < -0.3 is 9.47 Å². The van der Waals surface area contributed by atoms with Gasteiger partial charge in [-0.15, -0.1) is 0 Å². The molecule has 5 nitrogen and oxygen atoms in total. The zero-order chi connectivity index (χ0) is 17.0. The van der Waals surface area contributed by atoms with Crippen molar-refractivity contribution in [3.05, 3.63) is 28.3 Å². The fourth-order valence-corrected chi connectivity index (χ4v) is 4.31. The lowest BCUT2D eigenvalue weighted by Crippen LogP contribution is -2.29. The van der Waals surface area contributed by atoms with Gasteiger partial charge in [0.1, 0.15) is 12.4 Å². The Hall–Kier alpha value is -1.11. The first kappa shape index (κ1) is 18.2. The molecule has 1 heterocycles. The first-order valence-electron chi connectivity index (χ1n) is 7.54. The number of carbonyl (C=O) groups is 1. The second-order valence-electron chi connectivity index (χ2n) is 5.75. The van der Waals surface area contributed by atoms with Gasteiger partial charge in [-0.2, -0.15) is 0 Å². The van der Waals surface area contributed by atoms with Crippen LogP contribution in [-0.4, -0.2) is 45.0 Å². The van der Waals surface area contributed by atoms with Crippen LogP contribution in [-0.2, 0) is 14.6 Å². The van der Waals surface area contributed by atoms with E-state index in [1.807, 2.05) is 6.92 Å². The van der Waals surface area contributed by atoms with E-state index in [0.29, 0.717) is 35.8 Å². The molecule has 1 aliphatic heterocycles. The molecule has 128 valence electrons. The smallest absolute Gasteiger partial charge is 0.163 e. The standard InChI is InChI=1S/C16H21ClO5S/c1-11-9-14(12(2)18)16(15(17)10-11)22-6-5-21-13-3-7-23(19,20)8-4-13/h9-10,13H,3-8H2,1-2H3. The minimum atomic E-state index is -2.88. The highest BCUT2D eigenvalue weighted by atomic mass is 35.5. The van der Waals surface area contributed by atoms with Crippen LogP contribution in [0.4, 0.5) is 0 Å². The van der Waals surface area contributed by atoms with Crippen LogP contribution in [0.2, 0.25) is 5.02 Å². The molecule has 1 aromatic rings. The average molecular weight is 361 g/mol. The quantitative estimate of drug-likeness (QED) is 0.576. The number of aryl methyl sites for hydroxylation is 1. The van der Waals surface area contributed by atoms with Crippen molar-refractivity contribution in [2.45, 2.75) is 32.8 Å². The Morgan fingerprint density at radius 2 is 1.91 bits per heavy atom. The molecule has 0 aliphatic carbocycles. The number of rotatable bonds is 6. The highest BCUT2D eigenvalue weighted by molar-refractivity contribution is 7.91. The summed E-state index contributed by atoms with van der Waals surface area (Å²) in [5, 5.41) is 0.402. The lowest BCUT2D eigenvalue weighted by molar-refractivity contribution is 0.0284. The van der Waals surface area contributed by atoms with Crippen molar-refractivity contribution >= 4 is 27.2 Å². The molecule has 1 saturated heterocycles. The van der Waals surface area contributed by atoms with E-state index in [1.165, 1.54) is 6.92 Å². The lowest BCUT2D eigenvalue weighted by atomic mass is 10.1. The fraction of sp³-hybridized carbons (Fsp3) is 0.562. The van der Waals surface area contributed by atoms with Crippen LogP contribution in [0.15, 0.2) is 12.1 Å². The second kappa shape index (κ2) is 7.64. The van der Waals surface area contributed by atoms with Gasteiger partial charge in [0.25, 0.3) is 0 Å². The van der Waals surface area contributed by atoms with Crippen molar-refractivity contribution in [2.24, 2.45) is 0 Å². The van der Waals surface area contributed by atoms with Gasteiger partial charge in [0, 0.05) is 0 Å². The van der Waals surface area contributed by atoms with Crippen molar-refractivity contribution in [2.75, 3.05) is 24.7 Å². The molecule has 0 N–H and O–H groups in total. The van der Waals surface area contributed by atoms with Crippen LogP contribution in [0.5, 0.6) is 5.75 Å². The molecule has 0 atom stereocenters. The monoisotopic (exact) mass is 360 g/mol. The van der Waals surface area contributed by atoms with Gasteiger partial charge >= 0.3 is 0 Å². The highest BCUT2D eigenvalue weighted by Gasteiger charge is 2.24. The molecule has 23 heavy (non-hydrogen) atoms. The zero-order valence-corrected chi connectivity index (χ0v) is 14.9. The number of carbonyl (C=O) groups excluding carboxylic acids is 1. The number of benzene rings is 1. The highest BCUT2D eigenvalue weighted by Crippen LogP contribution is 2.30. The van der Waals surface area contributed by atoms with Crippen LogP contribution < -0.4 is 4.74 Å². The minimum Gasteiger partial charge on any atom is -0.489 e. The van der Waals surface area contributed by atoms with Crippen LogP contribution in [0.3, 0.4) is 0 Å². The van der Waals surface area contributed by atoms with Crippen LogP contribution in [0.25, 0.3) is 0 Å². The Kier molecular flexibility index (Phi) is 6.06. The molecule has 1 fully saturated rings. The van der Waals surface area contributed by atoms with Crippen molar-refractivity contribution in [3.8, 4) is 5.75 Å². The Morgan fingerprint density at radius 1 is 1.26 bits per heavy atom. The molecule has 7 heteroatoms. The third kappa shape index (κ3) is 5.19. The normalized spacial score (nSPS) is 17.9. The lowest BCUT2D eigenvalue weighted by Gasteiger charge is -2.22. The van der Waals surface area contributed by atoms with E-state index in [4.69, 9.17) is 21.1 Å². The van der Waals surface area contributed by atoms with E-state index in [1.54, 1.807) is 12.1 Å². The summed E-state index contributed by atoms with van der Waals surface area (Å²) >= 11 is 6.15. The van der Waals surface area contributed by atoms with Gasteiger partial charge in [0.05, 0.1) is 34.8 Å². The van der Waals surface area contributed by atoms with Crippen molar-refractivity contribution in [1.82, 2.24) is 0 Å². The SMILES string of the molecule is CC(=O)c1cc(C)cc(Cl)c1OCCOC1CCS(=O)(=O)CC1. The van der Waals surface area contributed by atoms with Gasteiger partial charge in [-0.3, -0.25) is 4.79 Å². The molecule has 0 unspecified atom stereocenters. The topological polar surface area (TPSA) is 69.7 Å². The number of hydrogen-bond acceptors (Lipinski definition) is 5. The van der Waals surface area contributed by atoms with E-state index >= 15 is 0 Å². The zero-order valence-electron chi connectivity index (χ0n) is 13.3. The molecule has 1 aliphatic rings. The second-order valence-corrected chi connectivity index (χ2v) is 8.46. The summed E-state index contributed by atoms with van der Waals surface area (Å²) in [7, 11) is -2.88. The number of sulfone groups is 1. The van der Waals surface area contributed by atoms with Crippen LogP contribution >= 0.6 is 11.6 Å². The predicted molar refractivity (Wildman–Crippen MR) is 89.3 cm³/mol. The number of Topliss-reactive ketones (excluding diaryl/α,β-unsaturated/α-hetero) is 1. The summed E-state index contributed by atoms with van der Waals surface area (Å²) in [4.78, 5) is 11.7. The van der Waals surface area contributed by atoms with E-state index < -0.39 is 9.84 Å². The molecular weight excluding hydrogens is 340 g/mol. The predicted octanol–water partition coefficient (Wildman–Crippen LogP) is 2.82. The summed E-state index contributed by atoms with van der Waals surface area (Å²) in [6.45, 7) is 3.91. The van der Waals surface area contributed by atoms with E-state index in [9.17, 15) is 13.2 Å². The van der Waals surface area contributed by atoms with Gasteiger partial charge in [-0.05, 0) is 44.4 Å². The number of ketones is 1. The third-order valence-electron chi connectivity index (χ3n) is 3.75. The van der Waals surface area contributed by atoms with E-state index in [0.717, 1.165) is 5.56 Å². The first-order valence-corrected chi connectivity index (χ1v) is 9.74. The molecule has 0 saturated carbocycles. The summed E-state index contributed by atoms with van der Waals surface area (Å²) < 4.78 is 34.0. The van der Waals surface area contributed by atoms with Gasteiger partial charge in [-0.1, -0.05) is 11.6 Å². The Labute approximate surface area is 141 Å². The Balaban J connectivity index is 1.86. The molecule has 0 aromatic heterocycles. The van der Waals surface area contributed by atoms with Gasteiger partial charge in [0.2, 0.25) is 0 Å². The van der Waals surface area contributed by atoms with Crippen molar-refractivity contribution in [3.63, 3.8) is 0 Å². The van der Waals surface area contributed by atoms with Crippen LogP contribution in [0, 0.1) is 6.92 Å². The number of hydrogen-bond donors (Lipinski definition) is 0. The maximum Gasteiger partial charge on any atom is 0.163 e. The van der Waals surface area contributed by atoms with Gasteiger partial charge in [0.15, 0.2) is 15.6 Å². The molecular formula is C16H21ClO5S. The number of ether oxygens (including phenoxy) is 2. The fourth-order valence-electron chi connectivity index (χ4n) is 2.53. The van der Waals surface area contributed by atoms with Gasteiger partial charge in [-0.25, -0.2) is 8.42 Å².